The first-order valence-corrected chi connectivity index (χ1v) is 6.78. The van der Waals surface area contributed by atoms with Gasteiger partial charge in [0.2, 0.25) is 0 Å². The number of nitrogens with one attached hydrogen (secondary N) is 1. The van der Waals surface area contributed by atoms with Crippen LogP contribution in [0.1, 0.15) is 38.0 Å². The predicted molar refractivity (Wildman–Crippen MR) is 81.7 cm³/mol. The number of hydrogen-bond acceptors (Lipinski definition) is 4. The van der Waals surface area contributed by atoms with Crippen molar-refractivity contribution in [3.63, 3.8) is 0 Å². The monoisotopic (exact) mass is 293 g/mol. The second kappa shape index (κ2) is 7.24. The fourth-order valence-corrected chi connectivity index (χ4v) is 1.71. The maximum absolute atomic E-state index is 11.5. The molecule has 5 nitrogen and oxygen atoms in total. The lowest BCUT2D eigenvalue weighted by atomic mass is 10.0. The van der Waals surface area contributed by atoms with Crippen LogP contribution in [-0.4, -0.2) is 34.6 Å². The highest BCUT2D eigenvalue weighted by molar-refractivity contribution is 5.67. The molecule has 0 aromatic heterocycles. The molecule has 1 amide bonds. The van der Waals surface area contributed by atoms with E-state index in [4.69, 9.17) is 4.74 Å². The standard InChI is InChI=1S/C16H23NO4/c1-5-11-7-6-8-12(9-11)14(19)13(18)10-17-15(20)21-16(2,3)4/h5-9,13-14,18-19H,1,10H2,2-4H3,(H,17,20). The summed E-state index contributed by atoms with van der Waals surface area (Å²) < 4.78 is 5.05. The van der Waals surface area contributed by atoms with Gasteiger partial charge in [-0.15, -0.1) is 0 Å². The summed E-state index contributed by atoms with van der Waals surface area (Å²) in [6.07, 6.45) is -1.20. The van der Waals surface area contributed by atoms with Crippen LogP contribution >= 0.6 is 0 Å². The van der Waals surface area contributed by atoms with E-state index in [1.54, 1.807) is 45.0 Å². The van der Waals surface area contributed by atoms with Gasteiger partial charge in [0.1, 0.15) is 17.8 Å². The summed E-state index contributed by atoms with van der Waals surface area (Å²) in [4.78, 5) is 11.5. The molecule has 1 aromatic carbocycles. The van der Waals surface area contributed by atoms with Crippen LogP contribution < -0.4 is 5.32 Å². The summed E-state index contributed by atoms with van der Waals surface area (Å²) in [6.45, 7) is 8.80. The van der Waals surface area contributed by atoms with Gasteiger partial charge in [-0.1, -0.05) is 30.9 Å². The SMILES string of the molecule is C=Cc1cccc(C(O)C(O)CNC(=O)OC(C)(C)C)c1. The molecule has 0 bridgehead atoms. The van der Waals surface area contributed by atoms with Crippen molar-refractivity contribution in [2.24, 2.45) is 0 Å². The van der Waals surface area contributed by atoms with E-state index in [9.17, 15) is 15.0 Å². The molecule has 0 radical (unpaired) electrons. The summed E-state index contributed by atoms with van der Waals surface area (Å²) in [6, 6.07) is 7.04. The number of ether oxygens (including phenoxy) is 1. The molecule has 2 unspecified atom stereocenters. The largest absolute Gasteiger partial charge is 0.444 e. The maximum Gasteiger partial charge on any atom is 0.407 e. The van der Waals surface area contributed by atoms with E-state index in [1.807, 2.05) is 6.07 Å². The Morgan fingerprint density at radius 1 is 1.43 bits per heavy atom. The minimum absolute atomic E-state index is 0.103. The summed E-state index contributed by atoms with van der Waals surface area (Å²) in [5, 5.41) is 22.4. The molecule has 1 rings (SSSR count). The molecule has 3 N–H and O–H groups in total. The van der Waals surface area contributed by atoms with Crippen molar-refractivity contribution in [2.45, 2.75) is 38.6 Å². The van der Waals surface area contributed by atoms with Gasteiger partial charge < -0.3 is 20.3 Å². The molecule has 0 saturated heterocycles. The number of hydrogen-bond donors (Lipinski definition) is 3. The van der Waals surface area contributed by atoms with E-state index >= 15 is 0 Å². The highest BCUT2D eigenvalue weighted by atomic mass is 16.6. The van der Waals surface area contributed by atoms with Crippen LogP contribution in [-0.2, 0) is 4.74 Å². The van der Waals surface area contributed by atoms with E-state index in [2.05, 4.69) is 11.9 Å². The van der Waals surface area contributed by atoms with Crippen LogP contribution in [0.25, 0.3) is 6.08 Å². The average molecular weight is 293 g/mol. The third-order valence-electron chi connectivity index (χ3n) is 2.71. The number of carbonyl (C=O) groups is 1. The first kappa shape index (κ1) is 17.2. The maximum atomic E-state index is 11.5. The van der Waals surface area contributed by atoms with E-state index in [-0.39, 0.29) is 6.54 Å². The number of aliphatic hydroxyl groups excluding tert-OH is 2. The van der Waals surface area contributed by atoms with Gasteiger partial charge >= 0.3 is 6.09 Å². The van der Waals surface area contributed by atoms with Crippen LogP contribution in [0.3, 0.4) is 0 Å². The Labute approximate surface area is 125 Å². The highest BCUT2D eigenvalue weighted by Crippen LogP contribution is 2.18. The van der Waals surface area contributed by atoms with E-state index < -0.39 is 23.9 Å². The van der Waals surface area contributed by atoms with Crippen LogP contribution in [0, 0.1) is 0 Å². The van der Waals surface area contributed by atoms with Crippen LogP contribution in [0.5, 0.6) is 0 Å². The lowest BCUT2D eigenvalue weighted by Crippen LogP contribution is -2.38. The molecule has 0 spiro atoms. The van der Waals surface area contributed by atoms with Crippen molar-refractivity contribution in [3.8, 4) is 0 Å². The number of amides is 1. The van der Waals surface area contributed by atoms with Crippen molar-refractivity contribution in [3.05, 3.63) is 42.0 Å². The Balaban J connectivity index is 2.56. The Morgan fingerprint density at radius 3 is 2.67 bits per heavy atom. The van der Waals surface area contributed by atoms with Gasteiger partial charge in [-0.2, -0.15) is 0 Å². The van der Waals surface area contributed by atoms with Crippen LogP contribution in [0.2, 0.25) is 0 Å². The molecule has 0 fully saturated rings. The van der Waals surface area contributed by atoms with Crippen molar-refractivity contribution in [2.75, 3.05) is 6.54 Å². The van der Waals surface area contributed by atoms with Crippen molar-refractivity contribution in [1.82, 2.24) is 5.32 Å². The van der Waals surface area contributed by atoms with Crippen LogP contribution in [0.4, 0.5) is 4.79 Å². The van der Waals surface area contributed by atoms with E-state index in [0.29, 0.717) is 5.56 Å². The lowest BCUT2D eigenvalue weighted by molar-refractivity contribution is 0.0129. The Hall–Kier alpha value is -1.85. The molecule has 0 heterocycles. The Kier molecular flexibility index (Phi) is 5.93. The quantitative estimate of drug-likeness (QED) is 0.778. The summed E-state index contributed by atoms with van der Waals surface area (Å²) in [5.41, 5.74) is 0.802. The lowest BCUT2D eigenvalue weighted by Gasteiger charge is -2.22. The van der Waals surface area contributed by atoms with Gasteiger partial charge in [0, 0.05) is 6.54 Å². The number of aliphatic hydroxyl groups is 2. The first-order valence-electron chi connectivity index (χ1n) is 6.78. The third kappa shape index (κ3) is 5.97. The summed E-state index contributed by atoms with van der Waals surface area (Å²) in [5.74, 6) is 0. The molecule has 2 atom stereocenters. The molecule has 116 valence electrons. The van der Waals surface area contributed by atoms with Gasteiger partial charge in [-0.25, -0.2) is 4.79 Å². The molecule has 0 aliphatic heterocycles. The zero-order chi connectivity index (χ0) is 16.0. The zero-order valence-corrected chi connectivity index (χ0v) is 12.7. The molecule has 0 aliphatic rings. The van der Waals surface area contributed by atoms with Gasteiger partial charge in [0.15, 0.2) is 0 Å². The number of rotatable bonds is 5. The number of benzene rings is 1. The predicted octanol–water partition coefficient (Wildman–Crippen LogP) is 2.25. The third-order valence-corrected chi connectivity index (χ3v) is 2.71. The van der Waals surface area contributed by atoms with Gasteiger partial charge in [0.05, 0.1) is 0 Å². The second-order valence-corrected chi connectivity index (χ2v) is 5.77. The summed E-state index contributed by atoms with van der Waals surface area (Å²) in [7, 11) is 0. The summed E-state index contributed by atoms with van der Waals surface area (Å²) >= 11 is 0. The molecule has 1 aromatic rings. The molecular weight excluding hydrogens is 270 g/mol. The van der Waals surface area contributed by atoms with Crippen LogP contribution in [0.15, 0.2) is 30.8 Å². The molecule has 5 heteroatoms. The Bertz CT molecular complexity index is 493. The first-order chi connectivity index (χ1) is 9.73. The van der Waals surface area contributed by atoms with Gasteiger partial charge in [-0.3, -0.25) is 0 Å². The van der Waals surface area contributed by atoms with Crippen molar-refractivity contribution < 1.29 is 19.7 Å². The normalized spacial score (nSPS) is 14.1. The number of carbonyl (C=O) groups excluding carboxylic acids is 1. The minimum Gasteiger partial charge on any atom is -0.444 e. The minimum atomic E-state index is -1.13. The topological polar surface area (TPSA) is 78.8 Å². The van der Waals surface area contributed by atoms with E-state index in [1.165, 1.54) is 0 Å². The molecule has 0 saturated carbocycles. The highest BCUT2D eigenvalue weighted by Gasteiger charge is 2.21. The fraction of sp³-hybridized carbons (Fsp3) is 0.438. The van der Waals surface area contributed by atoms with Crippen molar-refractivity contribution in [1.29, 1.82) is 0 Å². The second-order valence-electron chi connectivity index (χ2n) is 5.77. The average Bonchev–Trinajstić information content (AvgIpc) is 2.42. The zero-order valence-electron chi connectivity index (χ0n) is 12.7. The van der Waals surface area contributed by atoms with Gasteiger partial charge in [-0.05, 0) is 38.0 Å². The van der Waals surface area contributed by atoms with E-state index in [0.717, 1.165) is 5.56 Å². The molecule has 0 aliphatic carbocycles. The molecular formula is C16H23NO4. The van der Waals surface area contributed by atoms with Crippen molar-refractivity contribution >= 4 is 12.2 Å². The van der Waals surface area contributed by atoms with Gasteiger partial charge in [0.25, 0.3) is 0 Å². The smallest absolute Gasteiger partial charge is 0.407 e. The Morgan fingerprint density at radius 2 is 2.10 bits per heavy atom. The fourth-order valence-electron chi connectivity index (χ4n) is 1.71. The number of alkyl carbamates (subject to hydrolysis) is 1. The molecule has 21 heavy (non-hydrogen) atoms.